The molecule has 3 heteroatoms. The number of likely N-dealkylation sites (tertiary alicyclic amines) is 1. The zero-order chi connectivity index (χ0) is 10.8. The van der Waals surface area contributed by atoms with Crippen LogP contribution in [0.4, 0.5) is 0 Å². The van der Waals surface area contributed by atoms with Crippen molar-refractivity contribution >= 4 is 5.78 Å². The number of ketones is 1. The van der Waals surface area contributed by atoms with Gasteiger partial charge in [0.1, 0.15) is 5.78 Å². The smallest absolute Gasteiger partial charge is 0.143 e. The predicted molar refractivity (Wildman–Crippen MR) is 56.4 cm³/mol. The van der Waals surface area contributed by atoms with Gasteiger partial charge in [0.2, 0.25) is 0 Å². The van der Waals surface area contributed by atoms with Gasteiger partial charge in [-0.1, -0.05) is 0 Å². The molecule has 0 aromatic heterocycles. The van der Waals surface area contributed by atoms with Crippen molar-refractivity contribution in [1.82, 2.24) is 4.90 Å². The summed E-state index contributed by atoms with van der Waals surface area (Å²) in [5.41, 5.74) is -0.0725. The van der Waals surface area contributed by atoms with Gasteiger partial charge in [-0.3, -0.25) is 9.69 Å². The molecule has 0 bridgehead atoms. The largest absolute Gasteiger partial charge is 0.371 e. The van der Waals surface area contributed by atoms with E-state index in [2.05, 4.69) is 25.7 Å². The third-order valence-electron chi connectivity index (χ3n) is 2.20. The fraction of sp³-hybridized carbons (Fsp3) is 0.909. The lowest BCUT2D eigenvalue weighted by Gasteiger charge is -2.24. The molecule has 1 fully saturated rings. The molecule has 1 saturated heterocycles. The summed E-state index contributed by atoms with van der Waals surface area (Å²) in [5.74, 6) is 0.237. The summed E-state index contributed by atoms with van der Waals surface area (Å²) in [6, 6.07) is 0. The molecule has 82 valence electrons. The van der Waals surface area contributed by atoms with E-state index >= 15 is 0 Å². The summed E-state index contributed by atoms with van der Waals surface area (Å²) < 4.78 is 5.86. The molecule has 0 aromatic carbocycles. The van der Waals surface area contributed by atoms with Crippen molar-refractivity contribution < 1.29 is 9.53 Å². The van der Waals surface area contributed by atoms with Gasteiger partial charge >= 0.3 is 0 Å². The standard InChI is InChI=1S/C11H21NO2/c1-9(13)7-12-6-5-10(8-12)14-11(2,3)4/h10H,5-8H2,1-4H3/t10-/m0/s1. The third-order valence-corrected chi connectivity index (χ3v) is 2.20. The molecule has 0 radical (unpaired) electrons. The number of rotatable bonds is 3. The second-order valence-corrected chi connectivity index (χ2v) is 5.08. The first kappa shape index (κ1) is 11.7. The number of nitrogens with zero attached hydrogens (tertiary/aromatic N) is 1. The van der Waals surface area contributed by atoms with Gasteiger partial charge in [-0.2, -0.15) is 0 Å². The van der Waals surface area contributed by atoms with E-state index in [1.165, 1.54) is 0 Å². The zero-order valence-corrected chi connectivity index (χ0v) is 9.67. The van der Waals surface area contributed by atoms with Crippen molar-refractivity contribution in [1.29, 1.82) is 0 Å². The van der Waals surface area contributed by atoms with E-state index in [-0.39, 0.29) is 11.4 Å². The molecular weight excluding hydrogens is 178 g/mol. The zero-order valence-electron chi connectivity index (χ0n) is 9.67. The first-order chi connectivity index (χ1) is 6.37. The van der Waals surface area contributed by atoms with Crippen LogP contribution in [0.25, 0.3) is 0 Å². The van der Waals surface area contributed by atoms with Crippen LogP contribution in [0, 0.1) is 0 Å². The summed E-state index contributed by atoms with van der Waals surface area (Å²) in [4.78, 5) is 13.1. The molecule has 1 heterocycles. The van der Waals surface area contributed by atoms with Gasteiger partial charge in [0.15, 0.2) is 0 Å². The molecule has 0 spiro atoms. The number of carbonyl (C=O) groups excluding carboxylic acids is 1. The fourth-order valence-electron chi connectivity index (χ4n) is 1.85. The summed E-state index contributed by atoms with van der Waals surface area (Å²) in [7, 11) is 0. The minimum Gasteiger partial charge on any atom is -0.371 e. The Balaban J connectivity index is 2.31. The van der Waals surface area contributed by atoms with E-state index in [0.29, 0.717) is 12.6 Å². The Hall–Kier alpha value is -0.410. The number of hydrogen-bond donors (Lipinski definition) is 0. The Morgan fingerprint density at radius 2 is 2.14 bits per heavy atom. The lowest BCUT2D eigenvalue weighted by atomic mass is 10.2. The highest BCUT2D eigenvalue weighted by molar-refractivity contribution is 5.77. The Morgan fingerprint density at radius 3 is 2.64 bits per heavy atom. The van der Waals surface area contributed by atoms with Crippen molar-refractivity contribution in [3.05, 3.63) is 0 Å². The highest BCUT2D eigenvalue weighted by Crippen LogP contribution is 2.18. The molecule has 0 unspecified atom stereocenters. The van der Waals surface area contributed by atoms with Crippen molar-refractivity contribution in [3.8, 4) is 0 Å². The van der Waals surface area contributed by atoms with Crippen LogP contribution in [-0.2, 0) is 9.53 Å². The van der Waals surface area contributed by atoms with Crippen LogP contribution in [0.5, 0.6) is 0 Å². The van der Waals surface area contributed by atoms with E-state index < -0.39 is 0 Å². The summed E-state index contributed by atoms with van der Waals surface area (Å²) in [6.45, 7) is 10.3. The van der Waals surface area contributed by atoms with Crippen LogP contribution < -0.4 is 0 Å². The van der Waals surface area contributed by atoms with Crippen LogP contribution in [0.1, 0.15) is 34.1 Å². The number of hydrogen-bond acceptors (Lipinski definition) is 3. The van der Waals surface area contributed by atoms with Crippen LogP contribution in [0.3, 0.4) is 0 Å². The normalized spacial score (nSPS) is 24.1. The Bertz CT molecular complexity index is 208. The maximum Gasteiger partial charge on any atom is 0.143 e. The van der Waals surface area contributed by atoms with Gasteiger partial charge in [-0.15, -0.1) is 0 Å². The summed E-state index contributed by atoms with van der Waals surface area (Å²) >= 11 is 0. The van der Waals surface area contributed by atoms with E-state index in [1.54, 1.807) is 6.92 Å². The maximum absolute atomic E-state index is 10.9. The molecule has 1 aliphatic rings. The van der Waals surface area contributed by atoms with E-state index in [4.69, 9.17) is 4.74 Å². The molecule has 0 saturated carbocycles. The fourth-order valence-corrected chi connectivity index (χ4v) is 1.85. The first-order valence-electron chi connectivity index (χ1n) is 5.26. The molecule has 3 nitrogen and oxygen atoms in total. The van der Waals surface area contributed by atoms with E-state index in [1.807, 2.05) is 0 Å². The van der Waals surface area contributed by atoms with Gasteiger partial charge in [0.25, 0.3) is 0 Å². The maximum atomic E-state index is 10.9. The van der Waals surface area contributed by atoms with E-state index in [0.717, 1.165) is 19.5 Å². The van der Waals surface area contributed by atoms with Gasteiger partial charge in [-0.25, -0.2) is 0 Å². The summed E-state index contributed by atoms with van der Waals surface area (Å²) in [6.07, 6.45) is 1.35. The molecular formula is C11H21NO2. The van der Waals surface area contributed by atoms with Crippen molar-refractivity contribution in [2.45, 2.75) is 45.8 Å². The number of carbonyl (C=O) groups is 1. The molecule has 1 rings (SSSR count). The van der Waals surface area contributed by atoms with Crippen LogP contribution in [0.15, 0.2) is 0 Å². The second-order valence-electron chi connectivity index (χ2n) is 5.08. The molecule has 0 aliphatic carbocycles. The van der Waals surface area contributed by atoms with Crippen LogP contribution in [0.2, 0.25) is 0 Å². The molecule has 1 aliphatic heterocycles. The van der Waals surface area contributed by atoms with Crippen LogP contribution >= 0.6 is 0 Å². The molecule has 14 heavy (non-hydrogen) atoms. The molecule has 0 N–H and O–H groups in total. The van der Waals surface area contributed by atoms with Crippen molar-refractivity contribution in [2.75, 3.05) is 19.6 Å². The first-order valence-corrected chi connectivity index (χ1v) is 5.26. The Labute approximate surface area is 86.4 Å². The monoisotopic (exact) mass is 199 g/mol. The van der Waals surface area contributed by atoms with Crippen LogP contribution in [-0.4, -0.2) is 42.0 Å². The minimum absolute atomic E-state index is 0.0725. The van der Waals surface area contributed by atoms with Gasteiger partial charge in [0, 0.05) is 13.1 Å². The highest BCUT2D eigenvalue weighted by Gasteiger charge is 2.27. The summed E-state index contributed by atoms with van der Waals surface area (Å²) in [5, 5.41) is 0. The lowest BCUT2D eigenvalue weighted by Crippen LogP contribution is -2.31. The third kappa shape index (κ3) is 4.20. The number of ether oxygens (including phenoxy) is 1. The molecule has 0 aromatic rings. The Morgan fingerprint density at radius 1 is 1.50 bits per heavy atom. The number of Topliss-reactive ketones (excluding diaryl/α,β-unsaturated/α-hetero) is 1. The van der Waals surface area contributed by atoms with Crippen molar-refractivity contribution in [2.24, 2.45) is 0 Å². The average Bonchev–Trinajstić information content (AvgIpc) is 2.30. The van der Waals surface area contributed by atoms with Crippen molar-refractivity contribution in [3.63, 3.8) is 0 Å². The van der Waals surface area contributed by atoms with Gasteiger partial charge in [-0.05, 0) is 34.1 Å². The topological polar surface area (TPSA) is 29.5 Å². The van der Waals surface area contributed by atoms with Gasteiger partial charge < -0.3 is 4.74 Å². The van der Waals surface area contributed by atoms with E-state index in [9.17, 15) is 4.79 Å². The quantitative estimate of drug-likeness (QED) is 0.689. The predicted octanol–water partition coefficient (Wildman–Crippen LogP) is 1.46. The molecule has 0 amide bonds. The Kier molecular flexibility index (Phi) is 3.67. The average molecular weight is 199 g/mol. The highest BCUT2D eigenvalue weighted by atomic mass is 16.5. The lowest BCUT2D eigenvalue weighted by molar-refractivity contribution is -0.118. The second kappa shape index (κ2) is 4.41. The molecule has 1 atom stereocenters. The minimum atomic E-state index is -0.0725. The van der Waals surface area contributed by atoms with Gasteiger partial charge in [0.05, 0.1) is 18.2 Å². The SMILES string of the molecule is CC(=O)CN1CC[C@H](OC(C)(C)C)C1.